The van der Waals surface area contributed by atoms with E-state index in [0.717, 1.165) is 28.1 Å². The van der Waals surface area contributed by atoms with Gasteiger partial charge in [-0.15, -0.1) is 0 Å². The molecule has 0 saturated heterocycles. The Morgan fingerprint density at radius 3 is 2.52 bits per heavy atom. The van der Waals surface area contributed by atoms with Gasteiger partial charge in [-0.1, -0.05) is 48.5 Å². The van der Waals surface area contributed by atoms with E-state index in [-0.39, 0.29) is 5.91 Å². The molecule has 0 aromatic heterocycles. The van der Waals surface area contributed by atoms with Crippen molar-refractivity contribution in [2.45, 2.75) is 13.1 Å². The molecule has 106 valence electrons. The van der Waals surface area contributed by atoms with Crippen LogP contribution in [0.25, 0.3) is 0 Å². The normalized spacial score (nSPS) is 18.0. The summed E-state index contributed by atoms with van der Waals surface area (Å²) in [6.45, 7) is 1.99. The lowest BCUT2D eigenvalue weighted by Crippen LogP contribution is -2.40. The SMILES string of the molecule is Cc1cccc2c1N(C)C(=O)[C@@H](N)N=C2c1ccccc1. The molecule has 1 aliphatic rings. The third-order valence-electron chi connectivity index (χ3n) is 3.73. The van der Waals surface area contributed by atoms with Crippen LogP contribution in [-0.4, -0.2) is 24.8 Å². The molecule has 0 aliphatic carbocycles. The third-order valence-corrected chi connectivity index (χ3v) is 3.73. The molecule has 2 aromatic rings. The van der Waals surface area contributed by atoms with Crippen molar-refractivity contribution in [3.63, 3.8) is 0 Å². The van der Waals surface area contributed by atoms with E-state index >= 15 is 0 Å². The summed E-state index contributed by atoms with van der Waals surface area (Å²) in [7, 11) is 1.75. The maximum Gasteiger partial charge on any atom is 0.266 e. The van der Waals surface area contributed by atoms with E-state index in [2.05, 4.69) is 4.99 Å². The van der Waals surface area contributed by atoms with Gasteiger partial charge in [0.15, 0.2) is 6.17 Å². The smallest absolute Gasteiger partial charge is 0.266 e. The maximum atomic E-state index is 12.3. The predicted octanol–water partition coefficient (Wildman–Crippen LogP) is 2.09. The molecule has 0 fully saturated rings. The number of benzene rings is 2. The highest BCUT2D eigenvalue weighted by molar-refractivity contribution is 6.20. The molecule has 21 heavy (non-hydrogen) atoms. The van der Waals surface area contributed by atoms with Crippen LogP contribution < -0.4 is 10.6 Å². The van der Waals surface area contributed by atoms with Crippen molar-refractivity contribution < 1.29 is 4.79 Å². The van der Waals surface area contributed by atoms with Gasteiger partial charge >= 0.3 is 0 Å². The molecule has 3 rings (SSSR count). The number of rotatable bonds is 1. The van der Waals surface area contributed by atoms with Crippen LogP contribution >= 0.6 is 0 Å². The first-order valence-electron chi connectivity index (χ1n) is 6.86. The maximum absolute atomic E-state index is 12.3. The van der Waals surface area contributed by atoms with Crippen molar-refractivity contribution in [3.05, 3.63) is 65.2 Å². The second kappa shape index (κ2) is 5.14. The van der Waals surface area contributed by atoms with Crippen molar-refractivity contribution in [1.29, 1.82) is 0 Å². The van der Waals surface area contributed by atoms with Crippen LogP contribution in [0.1, 0.15) is 16.7 Å². The first kappa shape index (κ1) is 13.5. The van der Waals surface area contributed by atoms with Gasteiger partial charge in [0.05, 0.1) is 11.4 Å². The van der Waals surface area contributed by atoms with Gasteiger partial charge in [-0.2, -0.15) is 0 Å². The fraction of sp³-hybridized carbons (Fsp3) is 0.176. The first-order chi connectivity index (χ1) is 10.1. The average molecular weight is 279 g/mol. The monoisotopic (exact) mass is 279 g/mol. The van der Waals surface area contributed by atoms with Crippen LogP contribution in [0, 0.1) is 6.92 Å². The van der Waals surface area contributed by atoms with Crippen LogP contribution in [0.15, 0.2) is 53.5 Å². The quantitative estimate of drug-likeness (QED) is 0.869. The Bertz CT molecular complexity index is 722. The minimum absolute atomic E-state index is 0.198. The number of hydrogen-bond donors (Lipinski definition) is 1. The molecule has 1 heterocycles. The van der Waals surface area contributed by atoms with Crippen LogP contribution in [0.5, 0.6) is 0 Å². The summed E-state index contributed by atoms with van der Waals surface area (Å²) in [6, 6.07) is 15.8. The van der Waals surface area contributed by atoms with Crippen LogP contribution in [0.2, 0.25) is 0 Å². The van der Waals surface area contributed by atoms with Gasteiger partial charge in [-0.3, -0.25) is 9.79 Å². The second-order valence-corrected chi connectivity index (χ2v) is 5.16. The van der Waals surface area contributed by atoms with Crippen molar-refractivity contribution in [2.24, 2.45) is 10.7 Å². The summed E-state index contributed by atoms with van der Waals surface area (Å²) >= 11 is 0. The summed E-state index contributed by atoms with van der Waals surface area (Å²) in [6.07, 6.45) is -0.878. The van der Waals surface area contributed by atoms with E-state index < -0.39 is 6.17 Å². The number of fused-ring (bicyclic) bond motifs is 1. The lowest BCUT2D eigenvalue weighted by Gasteiger charge is -2.21. The van der Waals surface area contributed by atoms with Gasteiger partial charge in [0.25, 0.3) is 5.91 Å². The lowest BCUT2D eigenvalue weighted by atomic mass is 9.98. The molecule has 1 amide bonds. The molecule has 0 unspecified atom stereocenters. The molecule has 1 aliphatic heterocycles. The zero-order chi connectivity index (χ0) is 15.0. The van der Waals surface area contributed by atoms with Gasteiger partial charge in [-0.05, 0) is 12.5 Å². The van der Waals surface area contributed by atoms with Gasteiger partial charge in [0.1, 0.15) is 0 Å². The van der Waals surface area contributed by atoms with E-state index in [9.17, 15) is 4.79 Å². The number of amides is 1. The number of likely N-dealkylation sites (N-methyl/N-ethyl adjacent to an activating group) is 1. The molecule has 1 atom stereocenters. The fourth-order valence-corrected chi connectivity index (χ4v) is 2.69. The van der Waals surface area contributed by atoms with Gasteiger partial charge in [0.2, 0.25) is 0 Å². The number of hydrogen-bond acceptors (Lipinski definition) is 3. The van der Waals surface area contributed by atoms with Crippen LogP contribution in [0.4, 0.5) is 5.69 Å². The number of para-hydroxylation sites is 1. The van der Waals surface area contributed by atoms with Crippen molar-refractivity contribution in [1.82, 2.24) is 0 Å². The van der Waals surface area contributed by atoms with E-state index in [1.165, 1.54) is 0 Å². The number of nitrogens with zero attached hydrogens (tertiary/aromatic N) is 2. The number of aliphatic imine (C=N–C) groups is 1. The summed E-state index contributed by atoms with van der Waals surface area (Å²) in [5.41, 5.74) is 10.5. The fourth-order valence-electron chi connectivity index (χ4n) is 2.69. The Kier molecular flexibility index (Phi) is 3.31. The summed E-state index contributed by atoms with van der Waals surface area (Å²) < 4.78 is 0. The molecule has 2 N–H and O–H groups in total. The Morgan fingerprint density at radius 2 is 1.81 bits per heavy atom. The summed E-state index contributed by atoms with van der Waals surface area (Å²) in [5, 5.41) is 0. The molecular weight excluding hydrogens is 262 g/mol. The number of aryl methyl sites for hydroxylation is 1. The molecule has 0 saturated carbocycles. The highest BCUT2D eigenvalue weighted by Crippen LogP contribution is 2.29. The van der Waals surface area contributed by atoms with Gasteiger partial charge in [0, 0.05) is 18.2 Å². The largest absolute Gasteiger partial charge is 0.312 e. The third kappa shape index (κ3) is 2.23. The zero-order valence-electron chi connectivity index (χ0n) is 12.1. The Morgan fingerprint density at radius 1 is 1.10 bits per heavy atom. The van der Waals surface area contributed by atoms with E-state index in [1.54, 1.807) is 11.9 Å². The standard InChI is InChI=1S/C17H17N3O/c1-11-7-6-10-13-14(12-8-4-3-5-9-12)19-16(18)17(21)20(2)15(11)13/h3-10,16H,18H2,1-2H3/t16-/m0/s1. The number of benzodiazepines with no additional fused rings is 1. The molecule has 4 heteroatoms. The Labute approximate surface area is 123 Å². The van der Waals surface area contributed by atoms with Crippen molar-refractivity contribution in [2.75, 3.05) is 11.9 Å². The zero-order valence-corrected chi connectivity index (χ0v) is 12.1. The van der Waals surface area contributed by atoms with Gasteiger partial charge < -0.3 is 10.6 Å². The summed E-state index contributed by atoms with van der Waals surface area (Å²) in [4.78, 5) is 18.4. The van der Waals surface area contributed by atoms with E-state index in [1.807, 2.05) is 55.5 Å². The minimum atomic E-state index is -0.878. The second-order valence-electron chi connectivity index (χ2n) is 5.16. The average Bonchev–Trinajstić information content (AvgIpc) is 2.60. The highest BCUT2D eigenvalue weighted by Gasteiger charge is 2.28. The Hall–Kier alpha value is -2.46. The van der Waals surface area contributed by atoms with E-state index in [0.29, 0.717) is 0 Å². The van der Waals surface area contributed by atoms with Gasteiger partial charge in [-0.25, -0.2) is 0 Å². The van der Waals surface area contributed by atoms with Crippen molar-refractivity contribution in [3.8, 4) is 0 Å². The molecular formula is C17H17N3O. The van der Waals surface area contributed by atoms with Crippen LogP contribution in [-0.2, 0) is 4.79 Å². The Balaban J connectivity index is 2.29. The lowest BCUT2D eigenvalue weighted by molar-refractivity contribution is -0.119. The predicted molar refractivity (Wildman–Crippen MR) is 84.6 cm³/mol. The van der Waals surface area contributed by atoms with Crippen LogP contribution in [0.3, 0.4) is 0 Å². The number of carbonyl (C=O) groups excluding carboxylic acids is 1. The highest BCUT2D eigenvalue weighted by atomic mass is 16.2. The first-order valence-corrected chi connectivity index (χ1v) is 6.86. The molecule has 0 bridgehead atoms. The van der Waals surface area contributed by atoms with Crippen molar-refractivity contribution >= 4 is 17.3 Å². The topological polar surface area (TPSA) is 58.7 Å². The summed E-state index contributed by atoms with van der Waals surface area (Å²) in [5.74, 6) is -0.198. The molecule has 4 nitrogen and oxygen atoms in total. The number of carbonyl (C=O) groups is 1. The molecule has 0 spiro atoms. The number of anilines is 1. The molecule has 2 aromatic carbocycles. The van der Waals surface area contributed by atoms with E-state index in [4.69, 9.17) is 5.73 Å². The number of nitrogens with two attached hydrogens (primary N) is 1. The minimum Gasteiger partial charge on any atom is -0.312 e. The molecule has 0 radical (unpaired) electrons.